The molecule has 1 fully saturated rings. The van der Waals surface area contributed by atoms with Gasteiger partial charge in [0.25, 0.3) is 0 Å². The molecule has 1 aromatic carbocycles. The molecule has 22 heavy (non-hydrogen) atoms. The number of carbonyl (C=O) groups excluding carboxylic acids is 1. The average Bonchev–Trinajstić information content (AvgIpc) is 2.96. The van der Waals surface area contributed by atoms with Gasteiger partial charge in [-0.05, 0) is 18.6 Å². The zero-order chi connectivity index (χ0) is 15.4. The maximum Gasteiger partial charge on any atom is 0.222 e. The first-order valence-corrected chi connectivity index (χ1v) is 8.11. The van der Waals surface area contributed by atoms with E-state index in [4.69, 9.17) is 4.52 Å². The van der Waals surface area contributed by atoms with Gasteiger partial charge in [-0.3, -0.25) is 9.69 Å². The summed E-state index contributed by atoms with van der Waals surface area (Å²) in [5.41, 5.74) is 1.83. The molecule has 0 atom stereocenters. The van der Waals surface area contributed by atoms with Gasteiger partial charge < -0.3 is 9.42 Å². The van der Waals surface area contributed by atoms with Crippen LogP contribution in [0, 0.1) is 0 Å². The molecule has 1 aromatic heterocycles. The normalized spacial score (nSPS) is 16.3. The molecular formula is C17H23N3O2. The number of aromatic nitrogens is 1. The molecule has 2 heterocycles. The Kier molecular flexibility index (Phi) is 4.73. The Hall–Kier alpha value is -1.88. The number of hydrogen-bond acceptors (Lipinski definition) is 4. The van der Waals surface area contributed by atoms with Crippen LogP contribution in [0.2, 0.25) is 0 Å². The van der Waals surface area contributed by atoms with E-state index in [0.717, 1.165) is 62.2 Å². The van der Waals surface area contributed by atoms with E-state index in [9.17, 15) is 4.79 Å². The molecule has 5 nitrogen and oxygen atoms in total. The minimum absolute atomic E-state index is 0.299. The fraction of sp³-hybridized carbons (Fsp3) is 0.529. The second-order valence-electron chi connectivity index (χ2n) is 5.89. The maximum absolute atomic E-state index is 12.0. The third-order valence-electron chi connectivity index (χ3n) is 4.29. The van der Waals surface area contributed by atoms with E-state index in [2.05, 4.69) is 17.0 Å². The first kappa shape index (κ1) is 15.0. The molecule has 0 N–H and O–H groups in total. The molecular weight excluding hydrogens is 278 g/mol. The standard InChI is InChI=1S/C17H23N3O2/c1-2-3-8-17(21)20-11-9-19(10-12-20)13-15-14-6-4-5-7-16(14)22-18-15/h4-7H,2-3,8-13H2,1H3. The van der Waals surface area contributed by atoms with E-state index in [1.54, 1.807) is 0 Å². The van der Waals surface area contributed by atoms with Gasteiger partial charge in [0.05, 0.1) is 0 Å². The number of piperazine rings is 1. The number of benzene rings is 1. The first-order chi connectivity index (χ1) is 10.8. The predicted octanol–water partition coefficient (Wildman–Crippen LogP) is 2.66. The van der Waals surface area contributed by atoms with E-state index in [-0.39, 0.29) is 0 Å². The van der Waals surface area contributed by atoms with Crippen LogP contribution in [-0.2, 0) is 11.3 Å². The summed E-state index contributed by atoms with van der Waals surface area (Å²) in [6.45, 7) is 6.34. The van der Waals surface area contributed by atoms with Crippen molar-refractivity contribution in [3.8, 4) is 0 Å². The fourth-order valence-electron chi connectivity index (χ4n) is 2.91. The second-order valence-corrected chi connectivity index (χ2v) is 5.89. The lowest BCUT2D eigenvalue weighted by molar-refractivity contribution is -0.133. The van der Waals surface area contributed by atoms with Crippen molar-refractivity contribution in [3.63, 3.8) is 0 Å². The van der Waals surface area contributed by atoms with Crippen molar-refractivity contribution >= 4 is 16.9 Å². The Labute approximate surface area is 130 Å². The molecule has 0 saturated carbocycles. The Bertz CT molecular complexity index is 630. The number of amides is 1. The molecule has 0 spiro atoms. The van der Waals surface area contributed by atoms with Crippen molar-refractivity contribution in [1.29, 1.82) is 0 Å². The third kappa shape index (κ3) is 3.30. The van der Waals surface area contributed by atoms with Crippen molar-refractivity contribution < 1.29 is 9.32 Å². The quantitative estimate of drug-likeness (QED) is 0.852. The van der Waals surface area contributed by atoms with Gasteiger partial charge in [-0.15, -0.1) is 0 Å². The number of fused-ring (bicyclic) bond motifs is 1. The molecule has 0 bridgehead atoms. The summed E-state index contributed by atoms with van der Waals surface area (Å²) < 4.78 is 5.35. The minimum Gasteiger partial charge on any atom is -0.356 e. The summed E-state index contributed by atoms with van der Waals surface area (Å²) in [7, 11) is 0. The molecule has 1 aliphatic heterocycles. The SMILES string of the molecule is CCCCC(=O)N1CCN(Cc2noc3ccccc23)CC1. The van der Waals surface area contributed by atoms with Crippen LogP contribution >= 0.6 is 0 Å². The summed E-state index contributed by atoms with van der Waals surface area (Å²) in [6.07, 6.45) is 2.75. The van der Waals surface area contributed by atoms with Gasteiger partial charge >= 0.3 is 0 Å². The van der Waals surface area contributed by atoms with E-state index in [1.165, 1.54) is 0 Å². The summed E-state index contributed by atoms with van der Waals surface area (Å²) in [5.74, 6) is 0.299. The van der Waals surface area contributed by atoms with Crippen molar-refractivity contribution in [2.24, 2.45) is 0 Å². The molecule has 2 aromatic rings. The topological polar surface area (TPSA) is 49.6 Å². The highest BCUT2D eigenvalue weighted by atomic mass is 16.5. The molecule has 1 saturated heterocycles. The monoisotopic (exact) mass is 301 g/mol. The summed E-state index contributed by atoms with van der Waals surface area (Å²) in [4.78, 5) is 16.4. The van der Waals surface area contributed by atoms with Crippen LogP contribution in [0.15, 0.2) is 28.8 Å². The lowest BCUT2D eigenvalue weighted by atomic mass is 10.2. The predicted molar refractivity (Wildman–Crippen MR) is 85.4 cm³/mol. The number of unbranched alkanes of at least 4 members (excludes halogenated alkanes) is 1. The van der Waals surface area contributed by atoms with Crippen LogP contribution in [0.25, 0.3) is 11.0 Å². The molecule has 5 heteroatoms. The molecule has 3 rings (SSSR count). The highest BCUT2D eigenvalue weighted by molar-refractivity contribution is 5.79. The first-order valence-electron chi connectivity index (χ1n) is 8.11. The van der Waals surface area contributed by atoms with E-state index in [1.807, 2.05) is 29.2 Å². The Morgan fingerprint density at radius 2 is 2.00 bits per heavy atom. The van der Waals surface area contributed by atoms with Crippen LogP contribution in [0.5, 0.6) is 0 Å². The largest absolute Gasteiger partial charge is 0.356 e. The molecule has 0 unspecified atom stereocenters. The molecule has 0 radical (unpaired) electrons. The van der Waals surface area contributed by atoms with Gasteiger partial charge in [0.1, 0.15) is 5.69 Å². The summed E-state index contributed by atoms with van der Waals surface area (Å²) >= 11 is 0. The van der Waals surface area contributed by atoms with Crippen molar-refractivity contribution in [2.75, 3.05) is 26.2 Å². The van der Waals surface area contributed by atoms with Crippen molar-refractivity contribution in [3.05, 3.63) is 30.0 Å². The zero-order valence-electron chi connectivity index (χ0n) is 13.1. The smallest absolute Gasteiger partial charge is 0.222 e. The van der Waals surface area contributed by atoms with E-state index in [0.29, 0.717) is 12.3 Å². The maximum atomic E-state index is 12.0. The van der Waals surface area contributed by atoms with Crippen LogP contribution < -0.4 is 0 Å². The number of carbonyl (C=O) groups is 1. The highest BCUT2D eigenvalue weighted by Crippen LogP contribution is 2.19. The lowest BCUT2D eigenvalue weighted by Crippen LogP contribution is -2.48. The van der Waals surface area contributed by atoms with Crippen LogP contribution in [-0.4, -0.2) is 47.0 Å². The van der Waals surface area contributed by atoms with Crippen LogP contribution in [0.1, 0.15) is 31.9 Å². The molecule has 1 amide bonds. The zero-order valence-corrected chi connectivity index (χ0v) is 13.1. The van der Waals surface area contributed by atoms with Crippen molar-refractivity contribution in [1.82, 2.24) is 15.0 Å². The lowest BCUT2D eigenvalue weighted by Gasteiger charge is -2.34. The van der Waals surface area contributed by atoms with Gasteiger partial charge in [-0.2, -0.15) is 0 Å². The van der Waals surface area contributed by atoms with Crippen molar-refractivity contribution in [2.45, 2.75) is 32.7 Å². The second kappa shape index (κ2) is 6.92. The third-order valence-corrected chi connectivity index (χ3v) is 4.29. The molecule has 118 valence electrons. The Balaban J connectivity index is 1.55. The summed E-state index contributed by atoms with van der Waals surface area (Å²) in [5, 5.41) is 5.27. The van der Waals surface area contributed by atoms with E-state index >= 15 is 0 Å². The number of hydrogen-bond donors (Lipinski definition) is 0. The summed E-state index contributed by atoms with van der Waals surface area (Å²) in [6, 6.07) is 7.95. The van der Waals surface area contributed by atoms with E-state index < -0.39 is 0 Å². The number of rotatable bonds is 5. The molecule has 0 aliphatic carbocycles. The van der Waals surface area contributed by atoms with Crippen LogP contribution in [0.3, 0.4) is 0 Å². The average molecular weight is 301 g/mol. The minimum atomic E-state index is 0.299. The number of nitrogens with zero attached hydrogens (tertiary/aromatic N) is 3. The highest BCUT2D eigenvalue weighted by Gasteiger charge is 2.21. The Morgan fingerprint density at radius 1 is 1.23 bits per heavy atom. The van der Waals surface area contributed by atoms with Gasteiger partial charge in [0.2, 0.25) is 5.91 Å². The van der Waals surface area contributed by atoms with Gasteiger partial charge in [-0.1, -0.05) is 30.6 Å². The van der Waals surface area contributed by atoms with Gasteiger partial charge in [0.15, 0.2) is 5.58 Å². The number of para-hydroxylation sites is 1. The molecule has 1 aliphatic rings. The van der Waals surface area contributed by atoms with Gasteiger partial charge in [-0.25, -0.2) is 0 Å². The Morgan fingerprint density at radius 3 is 2.77 bits per heavy atom. The van der Waals surface area contributed by atoms with Gasteiger partial charge in [0, 0.05) is 44.5 Å². The van der Waals surface area contributed by atoms with Crippen LogP contribution in [0.4, 0.5) is 0 Å². The fourth-order valence-corrected chi connectivity index (χ4v) is 2.91.